The van der Waals surface area contributed by atoms with Crippen molar-refractivity contribution in [3.63, 3.8) is 0 Å². The summed E-state index contributed by atoms with van der Waals surface area (Å²) < 4.78 is 33.0. The maximum atomic E-state index is 12.4. The van der Waals surface area contributed by atoms with Gasteiger partial charge in [0.1, 0.15) is 16.5 Å². The monoisotopic (exact) mass is 391 g/mol. The highest BCUT2D eigenvalue weighted by Gasteiger charge is 2.20. The van der Waals surface area contributed by atoms with E-state index in [4.69, 9.17) is 4.74 Å². The minimum absolute atomic E-state index is 0. The molecule has 114 valence electrons. The number of rotatable bonds is 4. The molecule has 0 aliphatic rings. The van der Waals surface area contributed by atoms with E-state index < -0.39 is 10.0 Å². The van der Waals surface area contributed by atoms with Gasteiger partial charge in [0.15, 0.2) is 0 Å². The fraction of sp³-hybridized carbons (Fsp3) is 0.154. The normalized spacial score (nSPS) is 10.6. The molecule has 2 rings (SSSR count). The van der Waals surface area contributed by atoms with Crippen LogP contribution in [0, 0.1) is 6.92 Å². The van der Waals surface area contributed by atoms with Crippen molar-refractivity contribution in [1.29, 1.82) is 0 Å². The molecule has 0 atom stereocenters. The van der Waals surface area contributed by atoms with Crippen molar-refractivity contribution in [2.45, 2.75) is 11.8 Å². The lowest BCUT2D eigenvalue weighted by Crippen LogP contribution is -3.00. The second kappa shape index (κ2) is 7.11. The summed E-state index contributed by atoms with van der Waals surface area (Å²) in [6, 6.07) is 9.90. The number of halogens is 2. The van der Waals surface area contributed by atoms with Gasteiger partial charge in [0.05, 0.1) is 7.11 Å². The van der Waals surface area contributed by atoms with E-state index in [9.17, 15) is 8.42 Å². The van der Waals surface area contributed by atoms with Crippen LogP contribution in [0.2, 0.25) is 0 Å². The highest BCUT2D eigenvalue weighted by atomic mass is 79.9. The Morgan fingerprint density at radius 1 is 1.24 bits per heavy atom. The third kappa shape index (κ3) is 4.33. The molecule has 0 aliphatic carbocycles. The third-order valence-corrected chi connectivity index (χ3v) is 4.41. The van der Waals surface area contributed by atoms with Gasteiger partial charge in [-0.2, -0.15) is 0 Å². The number of hydrogen-bond acceptors (Lipinski definition) is 4. The summed E-state index contributed by atoms with van der Waals surface area (Å²) in [6.07, 6.45) is 0. The lowest BCUT2D eigenvalue weighted by atomic mass is 10.3. The molecule has 0 radical (unpaired) electrons. The van der Waals surface area contributed by atoms with Crippen molar-refractivity contribution >= 4 is 31.8 Å². The van der Waals surface area contributed by atoms with Gasteiger partial charge in [-0.15, -0.1) is 0 Å². The molecular formula is C13H13BrClN2O3S-. The van der Waals surface area contributed by atoms with Gasteiger partial charge in [-0.3, -0.25) is 4.72 Å². The topological polar surface area (TPSA) is 68.3 Å². The zero-order valence-electron chi connectivity index (χ0n) is 11.3. The van der Waals surface area contributed by atoms with Gasteiger partial charge in [0, 0.05) is 10.2 Å². The van der Waals surface area contributed by atoms with Gasteiger partial charge in [-0.05, 0) is 37.3 Å². The third-order valence-electron chi connectivity index (χ3n) is 2.54. The molecule has 5 nitrogen and oxygen atoms in total. The average molecular weight is 393 g/mol. The summed E-state index contributed by atoms with van der Waals surface area (Å²) in [6.45, 7) is 1.79. The molecule has 2 aromatic rings. The maximum Gasteiger partial charge on any atom is 0.266 e. The molecule has 21 heavy (non-hydrogen) atoms. The minimum atomic E-state index is -3.76. The van der Waals surface area contributed by atoms with E-state index in [1.54, 1.807) is 37.3 Å². The van der Waals surface area contributed by atoms with Crippen molar-refractivity contribution in [3.05, 3.63) is 46.6 Å². The van der Waals surface area contributed by atoms with E-state index in [1.807, 2.05) is 0 Å². The van der Waals surface area contributed by atoms with Crippen molar-refractivity contribution in [2.75, 3.05) is 11.8 Å². The van der Waals surface area contributed by atoms with E-state index in [0.717, 1.165) is 5.69 Å². The first kappa shape index (κ1) is 17.7. The molecule has 0 aliphatic heterocycles. The van der Waals surface area contributed by atoms with Crippen LogP contribution in [0.15, 0.2) is 45.8 Å². The summed E-state index contributed by atoms with van der Waals surface area (Å²) in [5.41, 5.74) is 0.728. The number of benzene rings is 1. The van der Waals surface area contributed by atoms with E-state index >= 15 is 0 Å². The lowest BCUT2D eigenvalue weighted by Gasteiger charge is -2.11. The van der Waals surface area contributed by atoms with Crippen LogP contribution in [0.3, 0.4) is 0 Å². The first-order valence-electron chi connectivity index (χ1n) is 5.72. The molecule has 1 heterocycles. The number of aryl methyl sites for hydroxylation is 1. The quantitative estimate of drug-likeness (QED) is 0.793. The van der Waals surface area contributed by atoms with Gasteiger partial charge < -0.3 is 17.1 Å². The van der Waals surface area contributed by atoms with Gasteiger partial charge in [0.25, 0.3) is 10.0 Å². The van der Waals surface area contributed by atoms with E-state index in [2.05, 4.69) is 25.6 Å². The first-order valence-corrected chi connectivity index (χ1v) is 8.00. The number of aromatic nitrogens is 1. The van der Waals surface area contributed by atoms with Crippen LogP contribution >= 0.6 is 15.9 Å². The zero-order valence-corrected chi connectivity index (χ0v) is 14.5. The highest BCUT2D eigenvalue weighted by molar-refractivity contribution is 9.10. The van der Waals surface area contributed by atoms with Gasteiger partial charge in [-0.25, -0.2) is 13.4 Å². The molecule has 0 amide bonds. The predicted molar refractivity (Wildman–Crippen MR) is 80.5 cm³/mol. The Hall–Kier alpha value is -1.31. The Morgan fingerprint density at radius 2 is 1.95 bits per heavy atom. The number of nitrogens with zero attached hydrogens (tertiary/aromatic N) is 1. The summed E-state index contributed by atoms with van der Waals surface area (Å²) in [4.78, 5) is 4.17. The number of nitrogens with one attached hydrogen (secondary N) is 1. The van der Waals surface area contributed by atoms with Crippen LogP contribution in [0.25, 0.3) is 0 Å². The number of ether oxygens (including phenoxy) is 1. The molecule has 0 saturated carbocycles. The molecule has 8 heteroatoms. The molecule has 1 aromatic heterocycles. The molecular weight excluding hydrogens is 380 g/mol. The smallest absolute Gasteiger partial charge is 0.266 e. The van der Waals surface area contributed by atoms with Gasteiger partial charge in [-0.1, -0.05) is 22.0 Å². The highest BCUT2D eigenvalue weighted by Crippen LogP contribution is 2.28. The molecule has 0 fully saturated rings. The van der Waals surface area contributed by atoms with Crippen LogP contribution in [-0.4, -0.2) is 20.5 Å². The van der Waals surface area contributed by atoms with Crippen LogP contribution in [0.1, 0.15) is 5.69 Å². The van der Waals surface area contributed by atoms with Crippen LogP contribution < -0.4 is 21.9 Å². The zero-order chi connectivity index (χ0) is 14.8. The second-order valence-electron chi connectivity index (χ2n) is 4.06. The summed E-state index contributed by atoms with van der Waals surface area (Å²) >= 11 is 3.25. The Balaban J connectivity index is 0.00000220. The first-order chi connectivity index (χ1) is 9.42. The van der Waals surface area contributed by atoms with Crippen molar-refractivity contribution in [1.82, 2.24) is 4.98 Å². The fourth-order valence-corrected chi connectivity index (χ4v) is 3.36. The molecule has 0 unspecified atom stereocenters. The summed E-state index contributed by atoms with van der Waals surface area (Å²) in [5.74, 6) is 0.542. The minimum Gasteiger partial charge on any atom is -1.00 e. The van der Waals surface area contributed by atoms with Crippen LogP contribution in [0.5, 0.6) is 5.75 Å². The number of methoxy groups -OCH3 is 1. The van der Waals surface area contributed by atoms with Gasteiger partial charge in [0.2, 0.25) is 0 Å². The summed E-state index contributed by atoms with van der Waals surface area (Å²) in [7, 11) is -2.34. The molecule has 1 aromatic carbocycles. The summed E-state index contributed by atoms with van der Waals surface area (Å²) in [5, 5.41) is 0. The average Bonchev–Trinajstić information content (AvgIpc) is 2.38. The number of pyridine rings is 1. The number of sulfonamides is 1. The van der Waals surface area contributed by atoms with Crippen LogP contribution in [-0.2, 0) is 10.0 Å². The molecule has 0 saturated heterocycles. The number of hydrogen-bond donors (Lipinski definition) is 1. The Kier molecular flexibility index (Phi) is 6.00. The van der Waals surface area contributed by atoms with Crippen molar-refractivity contribution in [3.8, 4) is 5.75 Å². The Morgan fingerprint density at radius 3 is 2.57 bits per heavy atom. The van der Waals surface area contributed by atoms with Crippen LogP contribution in [0.4, 0.5) is 5.82 Å². The molecule has 0 bridgehead atoms. The van der Waals surface area contributed by atoms with Gasteiger partial charge >= 0.3 is 0 Å². The second-order valence-corrected chi connectivity index (χ2v) is 6.63. The maximum absolute atomic E-state index is 12.4. The predicted octanol–water partition coefficient (Wildman–Crippen LogP) is -0.0341. The van der Waals surface area contributed by atoms with Crippen molar-refractivity contribution < 1.29 is 25.6 Å². The molecule has 0 spiro atoms. The standard InChI is InChI=1S/C13H13BrN2O3S.ClH/c1-9-4-3-5-13(15-9)16-20(17,18)12-8-10(14)6-7-11(12)19-2;/h3-8H,1-2H3,(H,15,16);1H/p-1. The van der Waals surface area contributed by atoms with Crippen molar-refractivity contribution in [2.24, 2.45) is 0 Å². The van der Waals surface area contributed by atoms with E-state index in [0.29, 0.717) is 4.47 Å². The largest absolute Gasteiger partial charge is 1.00 e. The molecule has 1 N–H and O–H groups in total. The fourth-order valence-electron chi connectivity index (χ4n) is 1.65. The number of anilines is 1. The van der Waals surface area contributed by atoms with E-state index in [1.165, 1.54) is 13.2 Å². The Bertz CT molecular complexity index is 738. The Labute approximate surface area is 138 Å². The lowest BCUT2D eigenvalue weighted by molar-refractivity contribution is -0.00000695. The SMILES string of the molecule is COc1ccc(Br)cc1S(=O)(=O)Nc1cccc(C)n1.[Cl-]. The van der Waals surface area contributed by atoms with E-state index in [-0.39, 0.29) is 28.9 Å².